The third-order valence-electron chi connectivity index (χ3n) is 4.35. The van der Waals surface area contributed by atoms with Crippen LogP contribution in [-0.4, -0.2) is 17.0 Å². The number of furan rings is 1. The molecule has 1 N–H and O–H groups in total. The van der Waals surface area contributed by atoms with Crippen LogP contribution >= 0.6 is 0 Å². The lowest BCUT2D eigenvalue weighted by atomic mass is 10.1. The Hall–Kier alpha value is -2.49. The molecule has 0 unspecified atom stereocenters. The second-order valence-electron chi connectivity index (χ2n) is 6.26. The van der Waals surface area contributed by atoms with Crippen molar-refractivity contribution in [3.05, 3.63) is 59.0 Å². The number of nitrogens with zero attached hydrogens (tertiary/aromatic N) is 1. The molecular formula is C20H24N2O2. The Balaban J connectivity index is 1.98. The van der Waals surface area contributed by atoms with Crippen LogP contribution in [0.5, 0.6) is 0 Å². The molecule has 0 atom stereocenters. The molecule has 1 amide bonds. The lowest BCUT2D eigenvalue weighted by molar-refractivity contribution is 0.0944. The molecule has 0 aliphatic rings. The van der Waals surface area contributed by atoms with Crippen molar-refractivity contribution in [2.24, 2.45) is 0 Å². The lowest BCUT2D eigenvalue weighted by Crippen LogP contribution is -2.27. The summed E-state index contributed by atoms with van der Waals surface area (Å²) in [6, 6.07) is 12.1. The van der Waals surface area contributed by atoms with Gasteiger partial charge in [0.15, 0.2) is 5.58 Å². The SMILES string of the molecule is CCCCNC(=O)c1cc2oc(C)cc2n1Cc1ccccc1C. The zero-order valence-electron chi connectivity index (χ0n) is 14.6. The minimum Gasteiger partial charge on any atom is -0.460 e. The number of aromatic nitrogens is 1. The van der Waals surface area contributed by atoms with Crippen LogP contribution in [0.2, 0.25) is 0 Å². The Labute approximate surface area is 142 Å². The van der Waals surface area contributed by atoms with E-state index in [-0.39, 0.29) is 5.91 Å². The van der Waals surface area contributed by atoms with Crippen molar-refractivity contribution in [2.45, 2.75) is 40.2 Å². The minimum atomic E-state index is -0.0407. The highest BCUT2D eigenvalue weighted by atomic mass is 16.3. The zero-order chi connectivity index (χ0) is 17.1. The molecule has 3 rings (SSSR count). The van der Waals surface area contributed by atoms with Gasteiger partial charge in [0.1, 0.15) is 11.5 Å². The number of rotatable bonds is 6. The van der Waals surface area contributed by atoms with E-state index in [1.807, 2.05) is 31.2 Å². The highest BCUT2D eigenvalue weighted by Gasteiger charge is 2.18. The van der Waals surface area contributed by atoms with E-state index in [1.54, 1.807) is 0 Å². The molecule has 0 fully saturated rings. The highest BCUT2D eigenvalue weighted by Crippen LogP contribution is 2.25. The van der Waals surface area contributed by atoms with Crippen LogP contribution in [0.4, 0.5) is 0 Å². The monoisotopic (exact) mass is 324 g/mol. The van der Waals surface area contributed by atoms with Crippen LogP contribution in [0.1, 0.15) is 47.1 Å². The summed E-state index contributed by atoms with van der Waals surface area (Å²) in [6.45, 7) is 7.50. The molecule has 0 aliphatic carbocycles. The predicted octanol–water partition coefficient (Wildman–Crippen LogP) is 4.43. The van der Waals surface area contributed by atoms with Crippen LogP contribution in [0.3, 0.4) is 0 Å². The first-order valence-electron chi connectivity index (χ1n) is 8.52. The van der Waals surface area contributed by atoms with Crippen LogP contribution in [0, 0.1) is 13.8 Å². The number of aryl methyl sites for hydroxylation is 2. The zero-order valence-corrected chi connectivity index (χ0v) is 14.6. The molecule has 2 heterocycles. The maximum absolute atomic E-state index is 12.6. The third kappa shape index (κ3) is 3.23. The fraction of sp³-hybridized carbons (Fsp3) is 0.350. The number of nitrogens with one attached hydrogen (secondary N) is 1. The molecular weight excluding hydrogens is 300 g/mol. The van der Waals surface area contributed by atoms with E-state index >= 15 is 0 Å². The van der Waals surface area contributed by atoms with Crippen molar-refractivity contribution in [3.63, 3.8) is 0 Å². The smallest absolute Gasteiger partial charge is 0.268 e. The van der Waals surface area contributed by atoms with Gasteiger partial charge in [-0.05, 0) is 31.4 Å². The van der Waals surface area contributed by atoms with Crippen LogP contribution in [-0.2, 0) is 6.54 Å². The number of carbonyl (C=O) groups is 1. The third-order valence-corrected chi connectivity index (χ3v) is 4.35. The second kappa shape index (κ2) is 6.95. The first-order chi connectivity index (χ1) is 11.6. The standard InChI is InChI=1S/C20H24N2O2/c1-4-5-10-21-20(23)18-12-19-17(11-15(3)24-19)22(18)13-16-9-7-6-8-14(16)2/h6-9,11-12H,4-5,10,13H2,1-3H3,(H,21,23). The summed E-state index contributed by atoms with van der Waals surface area (Å²) in [5.41, 5.74) is 4.81. The quantitative estimate of drug-likeness (QED) is 0.682. The number of hydrogen-bond acceptors (Lipinski definition) is 2. The number of carbonyl (C=O) groups excluding carboxylic acids is 1. The number of unbranched alkanes of at least 4 members (excludes halogenated alkanes) is 1. The highest BCUT2D eigenvalue weighted by molar-refractivity contribution is 5.97. The van der Waals surface area contributed by atoms with Crippen molar-refractivity contribution >= 4 is 17.0 Å². The summed E-state index contributed by atoms with van der Waals surface area (Å²) in [5, 5.41) is 3.00. The average Bonchev–Trinajstić information content (AvgIpc) is 3.07. The Morgan fingerprint density at radius 1 is 1.21 bits per heavy atom. The summed E-state index contributed by atoms with van der Waals surface area (Å²) in [7, 11) is 0. The van der Waals surface area contributed by atoms with Crippen LogP contribution in [0.25, 0.3) is 11.1 Å². The fourth-order valence-electron chi connectivity index (χ4n) is 2.95. The first kappa shape index (κ1) is 16.4. The van der Waals surface area contributed by atoms with E-state index < -0.39 is 0 Å². The summed E-state index contributed by atoms with van der Waals surface area (Å²) >= 11 is 0. The second-order valence-corrected chi connectivity index (χ2v) is 6.26. The van der Waals surface area contributed by atoms with Crippen molar-refractivity contribution < 1.29 is 9.21 Å². The molecule has 4 nitrogen and oxygen atoms in total. The molecule has 1 aromatic carbocycles. The topological polar surface area (TPSA) is 47.2 Å². The van der Waals surface area contributed by atoms with E-state index in [9.17, 15) is 4.79 Å². The van der Waals surface area contributed by atoms with Gasteiger partial charge in [0.25, 0.3) is 5.91 Å². The van der Waals surface area contributed by atoms with Gasteiger partial charge >= 0.3 is 0 Å². The van der Waals surface area contributed by atoms with E-state index in [0.29, 0.717) is 18.8 Å². The number of amides is 1. The molecule has 0 saturated heterocycles. The van der Waals surface area contributed by atoms with E-state index in [1.165, 1.54) is 11.1 Å². The summed E-state index contributed by atoms with van der Waals surface area (Å²) in [6.07, 6.45) is 2.05. The van der Waals surface area contributed by atoms with Crippen molar-refractivity contribution in [3.8, 4) is 0 Å². The Morgan fingerprint density at radius 2 is 2.00 bits per heavy atom. The van der Waals surface area contributed by atoms with E-state index in [0.717, 1.165) is 29.7 Å². The Bertz CT molecular complexity index is 858. The predicted molar refractivity (Wildman–Crippen MR) is 96.5 cm³/mol. The minimum absolute atomic E-state index is 0.0407. The Morgan fingerprint density at radius 3 is 2.75 bits per heavy atom. The van der Waals surface area contributed by atoms with Gasteiger partial charge < -0.3 is 14.3 Å². The van der Waals surface area contributed by atoms with Gasteiger partial charge in [-0.3, -0.25) is 4.79 Å². The molecule has 3 aromatic rings. The fourth-order valence-corrected chi connectivity index (χ4v) is 2.95. The van der Waals surface area contributed by atoms with Gasteiger partial charge in [0.05, 0.1) is 5.52 Å². The Kier molecular flexibility index (Phi) is 4.74. The van der Waals surface area contributed by atoms with Gasteiger partial charge in [-0.25, -0.2) is 0 Å². The van der Waals surface area contributed by atoms with Gasteiger partial charge in [0.2, 0.25) is 0 Å². The van der Waals surface area contributed by atoms with Gasteiger partial charge in [0, 0.05) is 25.2 Å². The first-order valence-corrected chi connectivity index (χ1v) is 8.52. The molecule has 24 heavy (non-hydrogen) atoms. The average molecular weight is 324 g/mol. The summed E-state index contributed by atoms with van der Waals surface area (Å²) in [4.78, 5) is 12.6. The van der Waals surface area contributed by atoms with E-state index in [2.05, 4.69) is 35.9 Å². The maximum Gasteiger partial charge on any atom is 0.268 e. The summed E-state index contributed by atoms with van der Waals surface area (Å²) in [5.74, 6) is 0.817. The molecule has 0 saturated carbocycles. The lowest BCUT2D eigenvalue weighted by Gasteiger charge is -2.12. The molecule has 0 aliphatic heterocycles. The van der Waals surface area contributed by atoms with Gasteiger partial charge in [-0.2, -0.15) is 0 Å². The summed E-state index contributed by atoms with van der Waals surface area (Å²) < 4.78 is 7.78. The van der Waals surface area contributed by atoms with E-state index in [4.69, 9.17) is 4.42 Å². The van der Waals surface area contributed by atoms with Crippen molar-refractivity contribution in [1.29, 1.82) is 0 Å². The number of fused-ring (bicyclic) bond motifs is 1. The van der Waals surface area contributed by atoms with Crippen molar-refractivity contribution in [1.82, 2.24) is 9.88 Å². The van der Waals surface area contributed by atoms with Gasteiger partial charge in [-0.15, -0.1) is 0 Å². The molecule has 4 heteroatoms. The molecule has 0 spiro atoms. The number of benzene rings is 1. The molecule has 0 bridgehead atoms. The maximum atomic E-state index is 12.6. The molecule has 0 radical (unpaired) electrons. The van der Waals surface area contributed by atoms with Gasteiger partial charge in [-0.1, -0.05) is 37.6 Å². The van der Waals surface area contributed by atoms with Crippen molar-refractivity contribution in [2.75, 3.05) is 6.54 Å². The largest absolute Gasteiger partial charge is 0.460 e. The molecule has 2 aromatic heterocycles. The van der Waals surface area contributed by atoms with Crippen LogP contribution < -0.4 is 5.32 Å². The molecule has 126 valence electrons. The number of hydrogen-bond donors (Lipinski definition) is 1. The van der Waals surface area contributed by atoms with Crippen LogP contribution in [0.15, 0.2) is 40.8 Å². The normalized spacial score (nSPS) is 11.1.